The van der Waals surface area contributed by atoms with Crippen molar-refractivity contribution in [1.29, 1.82) is 0 Å². The van der Waals surface area contributed by atoms with Gasteiger partial charge in [-0.05, 0) is 25.1 Å². The van der Waals surface area contributed by atoms with Crippen molar-refractivity contribution in [3.63, 3.8) is 0 Å². The van der Waals surface area contributed by atoms with Gasteiger partial charge in [0.15, 0.2) is 0 Å². The Bertz CT molecular complexity index is 390. The van der Waals surface area contributed by atoms with Crippen molar-refractivity contribution in [2.45, 2.75) is 6.42 Å². The lowest BCUT2D eigenvalue weighted by molar-refractivity contribution is 0.155. The average Bonchev–Trinajstić information content (AvgIpc) is 2.57. The third kappa shape index (κ3) is 3.42. The standard InChI is InChI=1S/C12H15FN2O2/c13-10-3-1-4-11(9-10)17-12(16)15-7-2-5-14-6-8-15/h1,3-4,9,14H,2,5-8H2. The van der Waals surface area contributed by atoms with Crippen LogP contribution < -0.4 is 10.1 Å². The highest BCUT2D eigenvalue weighted by molar-refractivity contribution is 5.70. The van der Waals surface area contributed by atoms with Gasteiger partial charge in [-0.3, -0.25) is 0 Å². The normalized spacial score (nSPS) is 16.4. The maximum absolute atomic E-state index is 12.9. The highest BCUT2D eigenvalue weighted by atomic mass is 19.1. The van der Waals surface area contributed by atoms with Gasteiger partial charge in [0.05, 0.1) is 0 Å². The fraction of sp³-hybridized carbons (Fsp3) is 0.417. The Morgan fingerprint density at radius 1 is 1.35 bits per heavy atom. The lowest BCUT2D eigenvalue weighted by Crippen LogP contribution is -2.36. The SMILES string of the molecule is O=C(Oc1cccc(F)c1)N1CCCNCC1. The Kier molecular flexibility index (Phi) is 3.93. The average molecular weight is 238 g/mol. The topological polar surface area (TPSA) is 41.6 Å². The molecule has 0 spiro atoms. The van der Waals surface area contributed by atoms with Crippen LogP contribution in [-0.2, 0) is 0 Å². The molecular weight excluding hydrogens is 223 g/mol. The summed E-state index contributed by atoms with van der Waals surface area (Å²) in [6.07, 6.45) is 0.484. The second kappa shape index (κ2) is 5.63. The minimum atomic E-state index is -0.417. The molecule has 5 heteroatoms. The Morgan fingerprint density at radius 2 is 2.24 bits per heavy atom. The van der Waals surface area contributed by atoms with Crippen LogP contribution in [0.2, 0.25) is 0 Å². The molecule has 0 aromatic heterocycles. The second-order valence-electron chi connectivity index (χ2n) is 3.92. The molecule has 1 N–H and O–H groups in total. The molecular formula is C12H15FN2O2. The van der Waals surface area contributed by atoms with Gasteiger partial charge in [-0.15, -0.1) is 0 Å². The summed E-state index contributed by atoms with van der Waals surface area (Å²) in [5.41, 5.74) is 0. The van der Waals surface area contributed by atoms with Crippen LogP contribution in [0.3, 0.4) is 0 Å². The quantitative estimate of drug-likeness (QED) is 0.808. The number of hydrogen-bond donors (Lipinski definition) is 1. The van der Waals surface area contributed by atoms with E-state index in [1.807, 2.05) is 0 Å². The molecule has 1 aliphatic heterocycles. The van der Waals surface area contributed by atoms with E-state index >= 15 is 0 Å². The second-order valence-corrected chi connectivity index (χ2v) is 3.92. The predicted molar refractivity (Wildman–Crippen MR) is 61.5 cm³/mol. The third-order valence-electron chi connectivity index (χ3n) is 2.60. The molecule has 1 aliphatic rings. The molecule has 0 atom stereocenters. The first kappa shape index (κ1) is 11.9. The highest BCUT2D eigenvalue weighted by Gasteiger charge is 2.17. The zero-order valence-electron chi connectivity index (χ0n) is 9.49. The van der Waals surface area contributed by atoms with Crippen molar-refractivity contribution in [2.75, 3.05) is 26.2 Å². The minimum Gasteiger partial charge on any atom is -0.410 e. The number of hydrogen-bond acceptors (Lipinski definition) is 3. The third-order valence-corrected chi connectivity index (χ3v) is 2.60. The van der Waals surface area contributed by atoms with Crippen LogP contribution in [0, 0.1) is 5.82 Å². The molecule has 1 fully saturated rings. The van der Waals surface area contributed by atoms with Gasteiger partial charge in [-0.1, -0.05) is 6.07 Å². The maximum atomic E-state index is 12.9. The predicted octanol–water partition coefficient (Wildman–Crippen LogP) is 1.62. The number of nitrogens with one attached hydrogen (secondary N) is 1. The van der Waals surface area contributed by atoms with E-state index in [2.05, 4.69) is 5.32 Å². The fourth-order valence-electron chi connectivity index (χ4n) is 1.72. The van der Waals surface area contributed by atoms with Crippen molar-refractivity contribution in [1.82, 2.24) is 10.2 Å². The van der Waals surface area contributed by atoms with Crippen LogP contribution in [-0.4, -0.2) is 37.2 Å². The number of rotatable bonds is 1. The maximum Gasteiger partial charge on any atom is 0.415 e. The molecule has 92 valence electrons. The van der Waals surface area contributed by atoms with Crippen molar-refractivity contribution in [3.8, 4) is 5.75 Å². The molecule has 2 rings (SSSR count). The Balaban J connectivity index is 1.95. The number of ether oxygens (including phenoxy) is 1. The first-order chi connectivity index (χ1) is 8.25. The minimum absolute atomic E-state index is 0.243. The lowest BCUT2D eigenvalue weighted by Gasteiger charge is -2.19. The van der Waals surface area contributed by atoms with E-state index < -0.39 is 11.9 Å². The van der Waals surface area contributed by atoms with Gasteiger partial charge >= 0.3 is 6.09 Å². The monoisotopic (exact) mass is 238 g/mol. The van der Waals surface area contributed by atoms with Crippen molar-refractivity contribution < 1.29 is 13.9 Å². The summed E-state index contributed by atoms with van der Waals surface area (Å²) in [5, 5.41) is 3.20. The van der Waals surface area contributed by atoms with Crippen molar-refractivity contribution in [2.24, 2.45) is 0 Å². The summed E-state index contributed by atoms with van der Waals surface area (Å²) in [6, 6.07) is 5.60. The largest absolute Gasteiger partial charge is 0.415 e. The van der Waals surface area contributed by atoms with E-state index in [-0.39, 0.29) is 5.75 Å². The molecule has 4 nitrogen and oxygen atoms in total. The summed E-state index contributed by atoms with van der Waals surface area (Å²) in [6.45, 7) is 2.96. The van der Waals surface area contributed by atoms with Gasteiger partial charge in [0.25, 0.3) is 0 Å². The molecule has 1 aromatic carbocycles. The zero-order chi connectivity index (χ0) is 12.1. The summed E-state index contributed by atoms with van der Waals surface area (Å²) in [4.78, 5) is 13.4. The molecule has 1 saturated heterocycles. The van der Waals surface area contributed by atoms with E-state index in [1.165, 1.54) is 18.2 Å². The van der Waals surface area contributed by atoms with Crippen LogP contribution in [0.5, 0.6) is 5.75 Å². The Hall–Kier alpha value is -1.62. The molecule has 1 amide bonds. The van der Waals surface area contributed by atoms with Gasteiger partial charge in [0.1, 0.15) is 11.6 Å². The number of nitrogens with zero attached hydrogens (tertiary/aromatic N) is 1. The molecule has 0 bridgehead atoms. The van der Waals surface area contributed by atoms with Gasteiger partial charge in [0, 0.05) is 25.7 Å². The van der Waals surface area contributed by atoms with Gasteiger partial charge in [-0.25, -0.2) is 9.18 Å². The number of benzene rings is 1. The molecule has 0 aliphatic carbocycles. The summed E-state index contributed by atoms with van der Waals surface area (Å²) in [5.74, 6) is -0.167. The van der Waals surface area contributed by atoms with E-state index in [0.717, 1.165) is 19.5 Å². The summed E-state index contributed by atoms with van der Waals surface area (Å²) < 4.78 is 18.0. The molecule has 0 radical (unpaired) electrons. The Morgan fingerprint density at radius 3 is 3.06 bits per heavy atom. The fourth-order valence-corrected chi connectivity index (χ4v) is 1.72. The van der Waals surface area contributed by atoms with Crippen LogP contribution in [0.15, 0.2) is 24.3 Å². The number of carbonyl (C=O) groups is 1. The van der Waals surface area contributed by atoms with E-state index in [4.69, 9.17) is 4.74 Å². The molecule has 0 saturated carbocycles. The number of carbonyl (C=O) groups excluding carboxylic acids is 1. The van der Waals surface area contributed by atoms with Gasteiger partial charge in [0.2, 0.25) is 0 Å². The van der Waals surface area contributed by atoms with E-state index in [9.17, 15) is 9.18 Å². The summed E-state index contributed by atoms with van der Waals surface area (Å²) in [7, 11) is 0. The van der Waals surface area contributed by atoms with Crippen LogP contribution in [0.1, 0.15) is 6.42 Å². The number of amides is 1. The van der Waals surface area contributed by atoms with Gasteiger partial charge in [-0.2, -0.15) is 0 Å². The highest BCUT2D eigenvalue weighted by Crippen LogP contribution is 2.13. The summed E-state index contributed by atoms with van der Waals surface area (Å²) >= 11 is 0. The van der Waals surface area contributed by atoms with Gasteiger partial charge < -0.3 is 15.0 Å². The molecule has 1 aromatic rings. The van der Waals surface area contributed by atoms with Crippen molar-refractivity contribution in [3.05, 3.63) is 30.1 Å². The molecule has 17 heavy (non-hydrogen) atoms. The lowest BCUT2D eigenvalue weighted by atomic mass is 10.3. The first-order valence-electron chi connectivity index (χ1n) is 5.69. The molecule has 1 heterocycles. The van der Waals surface area contributed by atoms with E-state index in [0.29, 0.717) is 13.1 Å². The van der Waals surface area contributed by atoms with E-state index in [1.54, 1.807) is 11.0 Å². The zero-order valence-corrected chi connectivity index (χ0v) is 9.49. The van der Waals surface area contributed by atoms with Crippen LogP contribution in [0.4, 0.5) is 9.18 Å². The van der Waals surface area contributed by atoms with Crippen LogP contribution >= 0.6 is 0 Å². The first-order valence-corrected chi connectivity index (χ1v) is 5.69. The van der Waals surface area contributed by atoms with Crippen molar-refractivity contribution >= 4 is 6.09 Å². The van der Waals surface area contributed by atoms with Crippen LogP contribution in [0.25, 0.3) is 0 Å². The smallest absolute Gasteiger partial charge is 0.410 e. The number of halogens is 1. The molecule has 0 unspecified atom stereocenters. The Labute approximate surface area is 99.4 Å².